The summed E-state index contributed by atoms with van der Waals surface area (Å²) in [6, 6.07) is 6.42. The molecule has 0 aliphatic rings. The lowest BCUT2D eigenvalue weighted by molar-refractivity contribution is -0.117. The highest BCUT2D eigenvalue weighted by molar-refractivity contribution is 6.00. The maximum atomic E-state index is 11.9. The lowest BCUT2D eigenvalue weighted by Crippen LogP contribution is -2.24. The van der Waals surface area contributed by atoms with Crippen LogP contribution >= 0.6 is 0 Å². The normalized spacial score (nSPS) is 12.8. The van der Waals surface area contributed by atoms with Crippen molar-refractivity contribution in [1.29, 1.82) is 0 Å². The maximum Gasteiger partial charge on any atom is 0.337 e. The van der Waals surface area contributed by atoms with Crippen molar-refractivity contribution in [1.82, 2.24) is 0 Å². The van der Waals surface area contributed by atoms with Crippen molar-refractivity contribution in [3.8, 4) is 0 Å². The Hall–Kier alpha value is -1.84. The molecule has 4 heteroatoms. The van der Waals surface area contributed by atoms with Crippen molar-refractivity contribution in [3.63, 3.8) is 0 Å². The Balaban J connectivity index is 2.76. The number of amides is 1. The van der Waals surface area contributed by atoms with Crippen molar-refractivity contribution in [2.75, 3.05) is 5.32 Å². The summed E-state index contributed by atoms with van der Waals surface area (Å²) >= 11 is 0. The Morgan fingerprint density at radius 1 is 1.26 bits per heavy atom. The highest BCUT2D eigenvalue weighted by Gasteiger charge is 2.23. The van der Waals surface area contributed by atoms with E-state index in [1.807, 2.05) is 6.92 Å². The third-order valence-electron chi connectivity index (χ3n) is 3.40. The van der Waals surface area contributed by atoms with Crippen LogP contribution in [0.25, 0.3) is 0 Å². The summed E-state index contributed by atoms with van der Waals surface area (Å²) in [7, 11) is 0. The molecule has 1 rings (SSSR count). The number of anilines is 1. The van der Waals surface area contributed by atoms with Gasteiger partial charge in [-0.1, -0.05) is 39.8 Å². The van der Waals surface area contributed by atoms with E-state index in [0.29, 0.717) is 12.1 Å². The van der Waals surface area contributed by atoms with E-state index in [9.17, 15) is 9.59 Å². The molecule has 0 fully saturated rings. The molecule has 0 aliphatic carbocycles. The molecule has 1 aromatic carbocycles. The quantitative estimate of drug-likeness (QED) is 0.875. The van der Waals surface area contributed by atoms with Gasteiger partial charge in [-0.05, 0) is 23.5 Å². The molecule has 0 bridgehead atoms. The molecule has 4 nitrogen and oxygen atoms in total. The van der Waals surface area contributed by atoms with E-state index in [1.165, 1.54) is 6.07 Å². The Morgan fingerprint density at radius 2 is 1.84 bits per heavy atom. The number of hydrogen-bond donors (Lipinski definition) is 2. The second-order valence-electron chi connectivity index (χ2n) is 5.87. The number of nitrogens with one attached hydrogen (secondary N) is 1. The van der Waals surface area contributed by atoms with Gasteiger partial charge in [-0.2, -0.15) is 0 Å². The van der Waals surface area contributed by atoms with Gasteiger partial charge in [-0.15, -0.1) is 0 Å². The lowest BCUT2D eigenvalue weighted by atomic mass is 9.80. The summed E-state index contributed by atoms with van der Waals surface area (Å²) in [5.74, 6) is -0.986. The largest absolute Gasteiger partial charge is 0.478 e. The van der Waals surface area contributed by atoms with Crippen molar-refractivity contribution < 1.29 is 14.7 Å². The molecule has 1 unspecified atom stereocenters. The number of para-hydroxylation sites is 1. The highest BCUT2D eigenvalue weighted by atomic mass is 16.4. The number of rotatable bonds is 4. The summed E-state index contributed by atoms with van der Waals surface area (Å²) < 4.78 is 0. The summed E-state index contributed by atoms with van der Waals surface area (Å²) in [4.78, 5) is 23.0. The van der Waals surface area contributed by atoms with E-state index in [4.69, 9.17) is 5.11 Å². The number of hydrogen-bond acceptors (Lipinski definition) is 2. The van der Waals surface area contributed by atoms with Crippen molar-refractivity contribution in [3.05, 3.63) is 29.8 Å². The Bertz CT molecular complexity index is 475. The summed E-state index contributed by atoms with van der Waals surface area (Å²) in [6.45, 7) is 8.26. The maximum absolute atomic E-state index is 11.9. The average Bonchev–Trinajstić information content (AvgIpc) is 2.27. The van der Waals surface area contributed by atoms with E-state index in [0.717, 1.165) is 0 Å². The molecule has 0 aliphatic heterocycles. The van der Waals surface area contributed by atoms with Crippen molar-refractivity contribution in [2.45, 2.75) is 34.1 Å². The number of benzene rings is 1. The molecule has 0 radical (unpaired) electrons. The second-order valence-corrected chi connectivity index (χ2v) is 5.87. The van der Waals surface area contributed by atoms with Crippen LogP contribution in [0.15, 0.2) is 24.3 Å². The van der Waals surface area contributed by atoms with Gasteiger partial charge in [-0.3, -0.25) is 4.79 Å². The zero-order valence-electron chi connectivity index (χ0n) is 11.9. The smallest absolute Gasteiger partial charge is 0.337 e. The van der Waals surface area contributed by atoms with Gasteiger partial charge in [0.15, 0.2) is 0 Å². The molecule has 0 saturated heterocycles. The SMILES string of the molecule is CC(CC(=O)Nc1ccccc1C(=O)O)C(C)(C)C. The third-order valence-corrected chi connectivity index (χ3v) is 3.40. The van der Waals surface area contributed by atoms with Crippen LogP contribution in [0.1, 0.15) is 44.5 Å². The van der Waals surface area contributed by atoms with Crippen LogP contribution in [-0.4, -0.2) is 17.0 Å². The summed E-state index contributed by atoms with van der Waals surface area (Å²) in [5.41, 5.74) is 0.504. The first kappa shape index (κ1) is 15.2. The molecule has 1 amide bonds. The Morgan fingerprint density at radius 3 is 2.37 bits per heavy atom. The number of carbonyl (C=O) groups is 2. The second kappa shape index (κ2) is 5.87. The lowest BCUT2D eigenvalue weighted by Gasteiger charge is -2.26. The van der Waals surface area contributed by atoms with Crippen LogP contribution in [-0.2, 0) is 4.79 Å². The van der Waals surface area contributed by atoms with E-state index in [-0.39, 0.29) is 22.8 Å². The third kappa shape index (κ3) is 4.39. The first-order valence-electron chi connectivity index (χ1n) is 6.34. The van der Waals surface area contributed by atoms with Gasteiger partial charge in [0.2, 0.25) is 5.91 Å². The topological polar surface area (TPSA) is 66.4 Å². The van der Waals surface area contributed by atoms with Gasteiger partial charge in [0.25, 0.3) is 0 Å². The van der Waals surface area contributed by atoms with Crippen LogP contribution in [0.4, 0.5) is 5.69 Å². The van der Waals surface area contributed by atoms with E-state index in [2.05, 4.69) is 26.1 Å². The van der Waals surface area contributed by atoms with Gasteiger partial charge < -0.3 is 10.4 Å². The first-order valence-corrected chi connectivity index (χ1v) is 6.34. The molecule has 1 aromatic rings. The van der Waals surface area contributed by atoms with Crippen molar-refractivity contribution >= 4 is 17.6 Å². The molecule has 19 heavy (non-hydrogen) atoms. The van der Waals surface area contributed by atoms with E-state index >= 15 is 0 Å². The predicted molar refractivity (Wildman–Crippen MR) is 75.3 cm³/mol. The number of carboxylic acid groups (broad SMARTS) is 1. The molecular formula is C15H21NO3. The minimum Gasteiger partial charge on any atom is -0.478 e. The monoisotopic (exact) mass is 263 g/mol. The molecule has 104 valence electrons. The Kier molecular flexibility index (Phi) is 4.70. The first-order chi connectivity index (χ1) is 8.71. The molecule has 2 N–H and O–H groups in total. The fraction of sp³-hybridized carbons (Fsp3) is 0.467. The van der Waals surface area contributed by atoms with Gasteiger partial charge in [0.1, 0.15) is 0 Å². The van der Waals surface area contributed by atoms with Crippen molar-refractivity contribution in [2.24, 2.45) is 11.3 Å². The van der Waals surface area contributed by atoms with Gasteiger partial charge in [0, 0.05) is 6.42 Å². The average molecular weight is 263 g/mol. The summed E-state index contributed by atoms with van der Waals surface area (Å²) in [5, 5.41) is 11.7. The standard InChI is InChI=1S/C15H21NO3/c1-10(15(2,3)4)9-13(17)16-12-8-6-5-7-11(12)14(18)19/h5-8,10H,9H2,1-4H3,(H,16,17)(H,18,19). The highest BCUT2D eigenvalue weighted by Crippen LogP contribution is 2.28. The van der Waals surface area contributed by atoms with E-state index in [1.54, 1.807) is 18.2 Å². The zero-order chi connectivity index (χ0) is 14.6. The number of carboxylic acids is 1. The fourth-order valence-electron chi connectivity index (χ4n) is 1.56. The fourth-order valence-corrected chi connectivity index (χ4v) is 1.56. The van der Waals surface area contributed by atoms with Gasteiger partial charge >= 0.3 is 5.97 Å². The van der Waals surface area contributed by atoms with E-state index < -0.39 is 5.97 Å². The predicted octanol–water partition coefficient (Wildman–Crippen LogP) is 3.40. The molecule has 0 saturated carbocycles. The van der Waals surface area contributed by atoms with Crippen LogP contribution in [0.2, 0.25) is 0 Å². The van der Waals surface area contributed by atoms with Gasteiger partial charge in [-0.25, -0.2) is 4.79 Å². The minimum absolute atomic E-state index is 0.0453. The van der Waals surface area contributed by atoms with Crippen LogP contribution in [0.5, 0.6) is 0 Å². The minimum atomic E-state index is -1.04. The van der Waals surface area contributed by atoms with Crippen LogP contribution in [0, 0.1) is 11.3 Å². The molecule has 0 spiro atoms. The molecule has 1 atom stereocenters. The Labute approximate surface area is 113 Å². The molecular weight excluding hydrogens is 242 g/mol. The summed E-state index contributed by atoms with van der Waals surface area (Å²) in [6.07, 6.45) is 0.372. The number of carbonyl (C=O) groups excluding carboxylic acids is 1. The van der Waals surface area contributed by atoms with Crippen LogP contribution in [0.3, 0.4) is 0 Å². The van der Waals surface area contributed by atoms with Gasteiger partial charge in [0.05, 0.1) is 11.3 Å². The zero-order valence-corrected chi connectivity index (χ0v) is 11.9. The molecule has 0 aromatic heterocycles. The van der Waals surface area contributed by atoms with Crippen LogP contribution < -0.4 is 5.32 Å². The molecule has 0 heterocycles. The number of aromatic carboxylic acids is 1.